The Morgan fingerprint density at radius 3 is 1.63 bits per heavy atom. The molecule has 7 aliphatic rings. The third-order valence-electron chi connectivity index (χ3n) is 12.6. The van der Waals surface area contributed by atoms with Crippen molar-refractivity contribution < 1.29 is 42.5 Å². The first kappa shape index (κ1) is 38.9. The van der Waals surface area contributed by atoms with Gasteiger partial charge in [0.2, 0.25) is 0 Å². The molecule has 12 nitrogen and oxygen atoms in total. The number of nitrogens with zero attached hydrogens (tertiary/aromatic N) is 2. The van der Waals surface area contributed by atoms with Gasteiger partial charge >= 0.3 is 20.3 Å². The van der Waals surface area contributed by atoms with Crippen LogP contribution < -0.4 is 10.1 Å². The van der Waals surface area contributed by atoms with Crippen molar-refractivity contribution in [3.05, 3.63) is 46.9 Å². The Morgan fingerprint density at radius 2 is 1.19 bits per heavy atom. The summed E-state index contributed by atoms with van der Waals surface area (Å²) in [5.74, 6) is 4.62. The van der Waals surface area contributed by atoms with E-state index in [1.807, 2.05) is 25.7 Å². The van der Waals surface area contributed by atoms with Crippen molar-refractivity contribution >= 4 is 37.8 Å². The SMILES string of the molecule is CC(C)(C)OC(=O)N1CC2(CC(=CB3OC(C)(C)C(C)(C)O3)C2)C1.CC1(C)OB(C=C2CC3(C2)CN(C(=O)c2ccc4c(c2)NC(=O)CO4)C3)OC1(C)C. The van der Waals surface area contributed by atoms with Gasteiger partial charge < -0.3 is 43.2 Å². The number of ether oxygens (including phenoxy) is 2. The van der Waals surface area contributed by atoms with Gasteiger partial charge in [-0.25, -0.2) is 4.79 Å². The van der Waals surface area contributed by atoms with Crippen LogP contribution in [0.15, 0.2) is 41.3 Å². The molecule has 8 rings (SSSR count). The van der Waals surface area contributed by atoms with Gasteiger partial charge in [0, 0.05) is 42.6 Å². The molecule has 5 aliphatic heterocycles. The van der Waals surface area contributed by atoms with Crippen LogP contribution in [0.1, 0.15) is 112 Å². The largest absolute Gasteiger partial charge is 0.487 e. The maximum absolute atomic E-state index is 12.8. The fourth-order valence-electron chi connectivity index (χ4n) is 8.33. The van der Waals surface area contributed by atoms with E-state index < -0.39 is 5.60 Å². The fraction of sp³-hybridized carbons (Fsp3) is 0.675. The number of benzene rings is 1. The molecule has 2 saturated carbocycles. The van der Waals surface area contributed by atoms with E-state index in [1.54, 1.807) is 23.1 Å². The number of hydrogen-bond donors (Lipinski definition) is 1. The van der Waals surface area contributed by atoms with Gasteiger partial charge in [-0.3, -0.25) is 9.59 Å². The zero-order chi connectivity index (χ0) is 39.3. The smallest absolute Gasteiger partial charge is 0.482 e. The summed E-state index contributed by atoms with van der Waals surface area (Å²) in [6.07, 6.45) is 3.81. The van der Waals surface area contributed by atoms with Crippen LogP contribution in [0, 0.1) is 10.8 Å². The Bertz CT molecular complexity index is 1730. The van der Waals surface area contributed by atoms with Crippen LogP contribution >= 0.6 is 0 Å². The van der Waals surface area contributed by atoms with Gasteiger partial charge in [-0.2, -0.15) is 0 Å². The second-order valence-electron chi connectivity index (χ2n) is 19.7. The van der Waals surface area contributed by atoms with Crippen LogP contribution in [0.4, 0.5) is 10.5 Å². The van der Waals surface area contributed by atoms with Crippen molar-refractivity contribution in [2.45, 2.75) is 130 Å². The lowest BCUT2D eigenvalue weighted by molar-refractivity contribution is -0.118. The maximum Gasteiger partial charge on any atom is 0.487 e. The van der Waals surface area contributed by atoms with Gasteiger partial charge in [0.1, 0.15) is 11.4 Å². The minimum atomic E-state index is -0.429. The summed E-state index contributed by atoms with van der Waals surface area (Å²) < 4.78 is 34.9. The van der Waals surface area contributed by atoms with Gasteiger partial charge in [-0.05, 0) is 120 Å². The summed E-state index contributed by atoms with van der Waals surface area (Å²) in [5.41, 5.74) is 2.63. The standard InChI is InChI=1S/C22H27BN2O5.C18H30BNO4/c1-20(2)21(3,4)30-23(29-20)10-14-8-22(9-14)12-25(13-22)19(27)15-5-6-17-16(7-15)24-18(26)11-28-17;1-15(2,3)22-14(21)20-11-18(12-20)8-13(9-18)10-19-23-16(4,5)17(6,7)24-19/h5-7,10H,8-9,11-13H2,1-4H3,(H,24,26);10H,8-9,11-12H2,1-7H3. The van der Waals surface area contributed by atoms with E-state index in [4.69, 9.17) is 28.1 Å². The van der Waals surface area contributed by atoms with Gasteiger partial charge in [0.25, 0.3) is 11.8 Å². The summed E-state index contributed by atoms with van der Waals surface area (Å²) in [7, 11) is -0.558. The monoisotopic (exact) mass is 745 g/mol. The number of fused-ring (bicyclic) bond motifs is 1. The second kappa shape index (κ2) is 12.9. The highest BCUT2D eigenvalue weighted by Gasteiger charge is 2.56. The van der Waals surface area contributed by atoms with Gasteiger partial charge in [0.15, 0.2) is 6.61 Å². The zero-order valence-electron chi connectivity index (χ0n) is 34.0. The molecular weight excluding hydrogens is 688 g/mol. The summed E-state index contributed by atoms with van der Waals surface area (Å²) >= 11 is 0. The van der Waals surface area contributed by atoms with Crippen LogP contribution in [-0.4, -0.2) is 103 Å². The average Bonchev–Trinajstić information content (AvgIpc) is 3.30. The maximum atomic E-state index is 12.8. The normalized spacial score (nSPS) is 25.9. The lowest BCUT2D eigenvalue weighted by atomic mass is 9.59. The summed E-state index contributed by atoms with van der Waals surface area (Å²) in [4.78, 5) is 40.1. The van der Waals surface area contributed by atoms with E-state index in [2.05, 4.69) is 72.7 Å². The summed E-state index contributed by atoms with van der Waals surface area (Å²) in [6, 6.07) is 5.20. The topological polar surface area (TPSA) is 125 Å². The zero-order valence-corrected chi connectivity index (χ0v) is 34.0. The molecule has 292 valence electrons. The number of carbonyl (C=O) groups is 3. The molecule has 5 heterocycles. The number of allylic oxidation sites excluding steroid dienone is 2. The molecule has 2 aliphatic carbocycles. The van der Waals surface area contributed by atoms with E-state index in [1.165, 1.54) is 11.1 Å². The molecule has 0 radical (unpaired) electrons. The third kappa shape index (κ3) is 7.47. The van der Waals surface area contributed by atoms with Crippen molar-refractivity contribution in [3.8, 4) is 5.75 Å². The Morgan fingerprint density at radius 1 is 0.741 bits per heavy atom. The predicted octanol–water partition coefficient (Wildman–Crippen LogP) is 6.39. The first-order valence-electron chi connectivity index (χ1n) is 19.3. The van der Waals surface area contributed by atoms with Crippen molar-refractivity contribution in [2.24, 2.45) is 10.8 Å². The fourth-order valence-corrected chi connectivity index (χ4v) is 8.33. The third-order valence-corrected chi connectivity index (χ3v) is 12.6. The van der Waals surface area contributed by atoms with Crippen LogP contribution in [0.2, 0.25) is 0 Å². The van der Waals surface area contributed by atoms with E-state index in [9.17, 15) is 14.4 Å². The Balaban J connectivity index is 0.000000171. The van der Waals surface area contributed by atoms with Crippen LogP contribution in [0.5, 0.6) is 5.75 Å². The van der Waals surface area contributed by atoms with Crippen molar-refractivity contribution in [1.29, 1.82) is 0 Å². The molecule has 1 aromatic rings. The molecule has 1 aromatic carbocycles. The van der Waals surface area contributed by atoms with Gasteiger partial charge in [0.05, 0.1) is 28.1 Å². The predicted molar refractivity (Wildman–Crippen MR) is 206 cm³/mol. The number of anilines is 1. The van der Waals surface area contributed by atoms with E-state index in [0.717, 1.165) is 51.9 Å². The molecule has 6 fully saturated rings. The number of hydrogen-bond acceptors (Lipinski definition) is 9. The minimum Gasteiger partial charge on any atom is -0.482 e. The molecule has 54 heavy (non-hydrogen) atoms. The highest BCUT2D eigenvalue weighted by atomic mass is 16.7. The molecule has 0 bridgehead atoms. The number of rotatable bonds is 3. The Hall–Kier alpha value is -3.32. The summed E-state index contributed by atoms with van der Waals surface area (Å²) in [5, 5.41) is 2.75. The highest BCUT2D eigenvalue weighted by molar-refractivity contribution is 6.52. The Labute approximate surface area is 320 Å². The second-order valence-corrected chi connectivity index (χ2v) is 19.7. The van der Waals surface area contributed by atoms with E-state index in [-0.39, 0.29) is 72.0 Å². The van der Waals surface area contributed by atoms with Crippen LogP contribution in [-0.2, 0) is 28.1 Å². The van der Waals surface area contributed by atoms with E-state index in [0.29, 0.717) is 17.0 Å². The van der Waals surface area contributed by atoms with Crippen molar-refractivity contribution in [3.63, 3.8) is 0 Å². The molecule has 0 atom stereocenters. The number of carbonyl (C=O) groups excluding carboxylic acids is 3. The number of nitrogens with one attached hydrogen (secondary N) is 1. The van der Waals surface area contributed by atoms with Crippen molar-refractivity contribution in [1.82, 2.24) is 9.80 Å². The van der Waals surface area contributed by atoms with E-state index >= 15 is 0 Å². The van der Waals surface area contributed by atoms with Gasteiger partial charge in [-0.15, -0.1) is 0 Å². The molecule has 4 saturated heterocycles. The lowest BCUT2D eigenvalue weighted by Gasteiger charge is -2.57. The molecule has 14 heteroatoms. The average molecular weight is 746 g/mol. The molecule has 2 spiro atoms. The lowest BCUT2D eigenvalue weighted by Crippen LogP contribution is -2.62. The van der Waals surface area contributed by atoms with Crippen molar-refractivity contribution in [2.75, 3.05) is 38.1 Å². The number of likely N-dealkylation sites (tertiary alicyclic amines) is 2. The van der Waals surface area contributed by atoms with Crippen LogP contribution in [0.3, 0.4) is 0 Å². The quantitative estimate of drug-likeness (QED) is 0.351. The molecule has 0 unspecified atom stereocenters. The summed E-state index contributed by atoms with van der Waals surface area (Å²) in [6.45, 7) is 25.3. The highest BCUT2D eigenvalue weighted by Crippen LogP contribution is 2.54. The molecule has 0 aromatic heterocycles. The van der Waals surface area contributed by atoms with Crippen LogP contribution in [0.25, 0.3) is 0 Å². The molecular formula is C40H57B2N3O9. The first-order valence-corrected chi connectivity index (χ1v) is 19.3. The first-order chi connectivity index (χ1) is 24.9. The molecule has 3 amide bonds. The Kier molecular flexibility index (Phi) is 9.27. The van der Waals surface area contributed by atoms with Gasteiger partial charge in [-0.1, -0.05) is 23.1 Å². The number of amides is 3. The molecule has 1 N–H and O–H groups in total. The minimum absolute atomic E-state index is 0.00774.